The molecule has 128 valence electrons. The van der Waals surface area contributed by atoms with Gasteiger partial charge in [0.2, 0.25) is 5.95 Å². The number of pyridine rings is 1. The zero-order chi connectivity index (χ0) is 17.2. The summed E-state index contributed by atoms with van der Waals surface area (Å²) >= 11 is 0. The van der Waals surface area contributed by atoms with E-state index in [1.165, 1.54) is 8.61 Å². The van der Waals surface area contributed by atoms with Crippen LogP contribution in [0.25, 0.3) is 11.4 Å². The van der Waals surface area contributed by atoms with Crippen LogP contribution in [-0.2, 0) is 10.2 Å². The van der Waals surface area contributed by atoms with E-state index in [0.29, 0.717) is 32.1 Å². The van der Waals surface area contributed by atoms with Gasteiger partial charge in [-0.3, -0.25) is 4.98 Å². The summed E-state index contributed by atoms with van der Waals surface area (Å²) in [6.45, 7) is 1.94. The first-order valence-corrected chi connectivity index (χ1v) is 9.05. The van der Waals surface area contributed by atoms with Crippen LogP contribution in [0.2, 0.25) is 0 Å². The van der Waals surface area contributed by atoms with E-state index in [9.17, 15) is 8.42 Å². The number of nitrogens with zero attached hydrogens (tertiary/aromatic N) is 6. The van der Waals surface area contributed by atoms with Crippen LogP contribution >= 0.6 is 0 Å². The van der Waals surface area contributed by atoms with E-state index in [1.807, 2.05) is 29.2 Å². The molecule has 0 spiro atoms. The minimum atomic E-state index is -3.37. The fourth-order valence-electron chi connectivity index (χ4n) is 2.51. The van der Waals surface area contributed by atoms with Gasteiger partial charge in [0.05, 0.1) is 11.4 Å². The molecule has 9 heteroatoms. The number of rotatable bonds is 4. The molecule has 8 nitrogen and oxygen atoms in total. The molecule has 1 saturated heterocycles. The highest BCUT2D eigenvalue weighted by molar-refractivity contribution is 7.86. The lowest BCUT2D eigenvalue weighted by molar-refractivity contribution is 0.354. The van der Waals surface area contributed by atoms with Crippen LogP contribution in [0, 0.1) is 0 Å². The van der Waals surface area contributed by atoms with Crippen LogP contribution in [-0.4, -0.2) is 72.3 Å². The lowest BCUT2D eigenvalue weighted by atomic mass is 10.2. The molecular formula is C15H20N6O2S. The summed E-state index contributed by atoms with van der Waals surface area (Å²) in [6.07, 6.45) is 3.43. The summed E-state index contributed by atoms with van der Waals surface area (Å²) in [4.78, 5) is 15.2. The SMILES string of the molecule is CN(C)S(=O)(=O)N1CCN(c2nccc(-c3ccccn3)n2)CC1. The Hall–Kier alpha value is -2.10. The molecule has 0 bridgehead atoms. The lowest BCUT2D eigenvalue weighted by Crippen LogP contribution is -2.52. The van der Waals surface area contributed by atoms with Crippen LogP contribution in [0.4, 0.5) is 5.95 Å². The maximum absolute atomic E-state index is 12.2. The largest absolute Gasteiger partial charge is 0.338 e. The molecule has 0 unspecified atom stereocenters. The maximum Gasteiger partial charge on any atom is 0.281 e. The van der Waals surface area contributed by atoms with Crippen molar-refractivity contribution in [3.05, 3.63) is 36.7 Å². The van der Waals surface area contributed by atoms with Crippen molar-refractivity contribution in [2.24, 2.45) is 0 Å². The molecule has 3 heterocycles. The molecule has 0 atom stereocenters. The third-order valence-electron chi connectivity index (χ3n) is 3.88. The van der Waals surface area contributed by atoms with Crippen LogP contribution in [0.3, 0.4) is 0 Å². The monoisotopic (exact) mass is 348 g/mol. The molecule has 0 aliphatic carbocycles. The molecule has 24 heavy (non-hydrogen) atoms. The van der Waals surface area contributed by atoms with Crippen molar-refractivity contribution in [3.8, 4) is 11.4 Å². The van der Waals surface area contributed by atoms with Crippen molar-refractivity contribution in [1.82, 2.24) is 23.6 Å². The third-order valence-corrected chi connectivity index (χ3v) is 5.82. The number of hydrogen-bond donors (Lipinski definition) is 0. The minimum Gasteiger partial charge on any atom is -0.338 e. The first-order valence-electron chi connectivity index (χ1n) is 7.65. The van der Waals surface area contributed by atoms with Gasteiger partial charge in [-0.15, -0.1) is 0 Å². The van der Waals surface area contributed by atoms with Crippen molar-refractivity contribution < 1.29 is 8.42 Å². The van der Waals surface area contributed by atoms with Gasteiger partial charge in [0.1, 0.15) is 0 Å². The summed E-state index contributed by atoms with van der Waals surface area (Å²) in [5.74, 6) is 0.597. The van der Waals surface area contributed by atoms with Gasteiger partial charge in [-0.2, -0.15) is 17.0 Å². The highest BCUT2D eigenvalue weighted by Gasteiger charge is 2.29. The average Bonchev–Trinajstić information content (AvgIpc) is 2.62. The first-order chi connectivity index (χ1) is 11.5. The lowest BCUT2D eigenvalue weighted by Gasteiger charge is -2.35. The predicted octanol–water partition coefficient (Wildman–Crippen LogP) is 0.467. The molecule has 0 amide bonds. The fourth-order valence-corrected chi connectivity index (χ4v) is 3.59. The van der Waals surface area contributed by atoms with Crippen LogP contribution in [0.15, 0.2) is 36.7 Å². The van der Waals surface area contributed by atoms with Gasteiger partial charge < -0.3 is 4.90 Å². The van der Waals surface area contributed by atoms with Gasteiger partial charge in [0.15, 0.2) is 0 Å². The van der Waals surface area contributed by atoms with E-state index in [4.69, 9.17) is 0 Å². The van der Waals surface area contributed by atoms with E-state index >= 15 is 0 Å². The van der Waals surface area contributed by atoms with Gasteiger partial charge >= 0.3 is 0 Å². The summed E-state index contributed by atoms with van der Waals surface area (Å²) < 4.78 is 27.0. The number of piperazine rings is 1. The molecule has 1 aliphatic rings. The Labute approximate surface area is 142 Å². The zero-order valence-corrected chi connectivity index (χ0v) is 14.5. The molecule has 1 fully saturated rings. The van der Waals surface area contributed by atoms with Crippen LogP contribution < -0.4 is 4.90 Å². The second-order valence-corrected chi connectivity index (χ2v) is 7.78. The fraction of sp³-hybridized carbons (Fsp3) is 0.400. The van der Waals surface area contributed by atoms with Gasteiger partial charge in [-0.05, 0) is 18.2 Å². The Morgan fingerprint density at radius 1 is 0.958 bits per heavy atom. The molecule has 0 saturated carbocycles. The molecule has 0 N–H and O–H groups in total. The van der Waals surface area contributed by atoms with Crippen LogP contribution in [0.1, 0.15) is 0 Å². The van der Waals surface area contributed by atoms with Crippen molar-refractivity contribution in [2.75, 3.05) is 45.2 Å². The summed E-state index contributed by atoms with van der Waals surface area (Å²) in [7, 11) is -0.282. The quantitative estimate of drug-likeness (QED) is 0.799. The van der Waals surface area contributed by atoms with E-state index < -0.39 is 10.2 Å². The number of hydrogen-bond acceptors (Lipinski definition) is 6. The minimum absolute atomic E-state index is 0.414. The Kier molecular flexibility index (Phi) is 4.74. The molecular weight excluding hydrogens is 328 g/mol. The Balaban J connectivity index is 1.74. The topological polar surface area (TPSA) is 82.5 Å². The van der Waals surface area contributed by atoms with Gasteiger partial charge in [-0.25, -0.2) is 9.97 Å². The Morgan fingerprint density at radius 2 is 1.71 bits per heavy atom. The normalized spacial score (nSPS) is 16.5. The van der Waals surface area contributed by atoms with Crippen LogP contribution in [0.5, 0.6) is 0 Å². The van der Waals surface area contributed by atoms with E-state index in [1.54, 1.807) is 26.5 Å². The van der Waals surface area contributed by atoms with Crippen molar-refractivity contribution in [3.63, 3.8) is 0 Å². The average molecular weight is 348 g/mol. The van der Waals surface area contributed by atoms with E-state index in [-0.39, 0.29) is 0 Å². The Bertz CT molecular complexity index is 789. The van der Waals surface area contributed by atoms with Gasteiger partial charge in [0, 0.05) is 52.7 Å². The summed E-state index contributed by atoms with van der Waals surface area (Å²) in [6, 6.07) is 7.48. The third kappa shape index (κ3) is 3.37. The Morgan fingerprint density at radius 3 is 2.33 bits per heavy atom. The van der Waals surface area contributed by atoms with E-state index in [0.717, 1.165) is 11.4 Å². The van der Waals surface area contributed by atoms with Gasteiger partial charge in [0.25, 0.3) is 10.2 Å². The number of aromatic nitrogens is 3. The summed E-state index contributed by atoms with van der Waals surface area (Å²) in [5, 5.41) is 0. The molecule has 1 aliphatic heterocycles. The van der Waals surface area contributed by atoms with Crippen molar-refractivity contribution >= 4 is 16.2 Å². The highest BCUT2D eigenvalue weighted by atomic mass is 32.2. The molecule has 2 aromatic heterocycles. The second kappa shape index (κ2) is 6.80. The van der Waals surface area contributed by atoms with Gasteiger partial charge in [-0.1, -0.05) is 6.07 Å². The predicted molar refractivity (Wildman–Crippen MR) is 91.7 cm³/mol. The van der Waals surface area contributed by atoms with Crippen molar-refractivity contribution in [1.29, 1.82) is 0 Å². The summed E-state index contributed by atoms with van der Waals surface area (Å²) in [5.41, 5.74) is 1.54. The number of anilines is 1. The van der Waals surface area contributed by atoms with Crippen molar-refractivity contribution in [2.45, 2.75) is 0 Å². The zero-order valence-electron chi connectivity index (χ0n) is 13.7. The maximum atomic E-state index is 12.2. The molecule has 2 aromatic rings. The second-order valence-electron chi connectivity index (χ2n) is 5.63. The molecule has 0 radical (unpaired) electrons. The molecule has 0 aromatic carbocycles. The highest BCUT2D eigenvalue weighted by Crippen LogP contribution is 2.18. The standard InChI is InChI=1S/C15H20N6O2S/c1-19(2)24(22,23)21-11-9-20(10-12-21)15-17-8-6-14(18-15)13-5-3-4-7-16-13/h3-8H,9-12H2,1-2H3. The van der Waals surface area contributed by atoms with E-state index in [2.05, 4.69) is 15.0 Å². The molecule has 3 rings (SSSR count). The smallest absolute Gasteiger partial charge is 0.281 e. The first kappa shape index (κ1) is 16.7.